The van der Waals surface area contributed by atoms with Crippen LogP contribution >= 0.6 is 0 Å². The van der Waals surface area contributed by atoms with Crippen molar-refractivity contribution in [3.63, 3.8) is 0 Å². The summed E-state index contributed by atoms with van der Waals surface area (Å²) in [7, 11) is -2.01. The van der Waals surface area contributed by atoms with Gasteiger partial charge in [0.2, 0.25) is 15.9 Å². The molecule has 23 heavy (non-hydrogen) atoms. The van der Waals surface area contributed by atoms with Crippen molar-refractivity contribution >= 4 is 15.9 Å². The van der Waals surface area contributed by atoms with Crippen LogP contribution in [0.4, 0.5) is 0 Å². The van der Waals surface area contributed by atoms with Gasteiger partial charge in [-0.3, -0.25) is 4.79 Å². The Morgan fingerprint density at radius 1 is 1.09 bits per heavy atom. The average Bonchev–Trinajstić information content (AvgIpc) is 2.82. The topological polar surface area (TPSA) is 75.3 Å². The molecule has 1 saturated carbocycles. The molecule has 2 N–H and O–H groups in total. The van der Waals surface area contributed by atoms with Crippen molar-refractivity contribution in [3.05, 3.63) is 29.8 Å². The summed E-state index contributed by atoms with van der Waals surface area (Å²) in [4.78, 5) is 12.3. The Kier molecular flexibility index (Phi) is 6.59. The zero-order valence-electron chi connectivity index (χ0n) is 13.7. The minimum Gasteiger partial charge on any atom is -0.353 e. The fourth-order valence-electron chi connectivity index (χ4n) is 2.93. The lowest BCUT2D eigenvalue weighted by Gasteiger charge is -2.16. The first kappa shape index (κ1) is 17.9. The molecule has 128 valence electrons. The first-order valence-corrected chi connectivity index (χ1v) is 9.81. The predicted molar refractivity (Wildman–Crippen MR) is 90.6 cm³/mol. The molecule has 6 heteroatoms. The van der Waals surface area contributed by atoms with E-state index in [4.69, 9.17) is 0 Å². The molecule has 0 bridgehead atoms. The number of aryl methyl sites for hydroxylation is 1. The van der Waals surface area contributed by atoms with E-state index in [1.807, 2.05) is 0 Å². The van der Waals surface area contributed by atoms with Crippen molar-refractivity contribution in [1.82, 2.24) is 10.0 Å². The van der Waals surface area contributed by atoms with Gasteiger partial charge >= 0.3 is 0 Å². The molecule has 1 aliphatic rings. The maximum absolute atomic E-state index is 12.1. The summed E-state index contributed by atoms with van der Waals surface area (Å²) in [6.45, 7) is 0. The molecule has 0 saturated heterocycles. The summed E-state index contributed by atoms with van der Waals surface area (Å²) < 4.78 is 25.6. The fourth-order valence-corrected chi connectivity index (χ4v) is 3.66. The van der Waals surface area contributed by atoms with Gasteiger partial charge in [-0.25, -0.2) is 13.1 Å². The zero-order chi connectivity index (χ0) is 16.7. The van der Waals surface area contributed by atoms with Crippen molar-refractivity contribution in [2.24, 2.45) is 0 Å². The van der Waals surface area contributed by atoms with Gasteiger partial charge in [0.1, 0.15) is 0 Å². The number of sulfonamides is 1. The quantitative estimate of drug-likeness (QED) is 0.782. The molecule has 1 aromatic carbocycles. The van der Waals surface area contributed by atoms with Gasteiger partial charge in [-0.1, -0.05) is 37.8 Å². The Labute approximate surface area is 138 Å². The lowest BCUT2D eigenvalue weighted by molar-refractivity contribution is -0.121. The third kappa shape index (κ3) is 5.62. The van der Waals surface area contributed by atoms with Gasteiger partial charge < -0.3 is 5.32 Å². The number of benzene rings is 1. The minimum absolute atomic E-state index is 0.0869. The monoisotopic (exact) mass is 338 g/mol. The second-order valence-corrected chi connectivity index (χ2v) is 7.99. The molecule has 0 aromatic heterocycles. The molecule has 1 amide bonds. The molecule has 2 rings (SSSR count). The number of rotatable bonds is 6. The molecule has 1 fully saturated rings. The number of nitrogens with one attached hydrogen (secondary N) is 2. The molecule has 0 unspecified atom stereocenters. The van der Waals surface area contributed by atoms with E-state index in [0.717, 1.165) is 18.4 Å². The van der Waals surface area contributed by atoms with Gasteiger partial charge in [-0.2, -0.15) is 0 Å². The molecule has 1 aromatic rings. The normalized spacial score (nSPS) is 16.7. The van der Waals surface area contributed by atoms with Crippen molar-refractivity contribution in [1.29, 1.82) is 0 Å². The van der Waals surface area contributed by atoms with E-state index in [0.29, 0.717) is 18.9 Å². The van der Waals surface area contributed by atoms with Crippen molar-refractivity contribution in [2.75, 3.05) is 7.05 Å². The van der Waals surface area contributed by atoms with Gasteiger partial charge in [0.15, 0.2) is 0 Å². The largest absolute Gasteiger partial charge is 0.353 e. The first-order chi connectivity index (χ1) is 11.0. The molecule has 1 aliphatic carbocycles. The summed E-state index contributed by atoms with van der Waals surface area (Å²) in [6.07, 6.45) is 8.18. The van der Waals surface area contributed by atoms with Crippen LogP contribution < -0.4 is 10.0 Å². The summed E-state index contributed by atoms with van der Waals surface area (Å²) in [5.74, 6) is 0.0869. The lowest BCUT2D eigenvalue weighted by atomic mass is 10.1. The van der Waals surface area contributed by atoms with Crippen LogP contribution in [-0.4, -0.2) is 27.4 Å². The molecular weight excluding hydrogens is 312 g/mol. The first-order valence-electron chi connectivity index (χ1n) is 8.33. The number of hydrogen-bond acceptors (Lipinski definition) is 3. The van der Waals surface area contributed by atoms with E-state index in [2.05, 4.69) is 10.0 Å². The van der Waals surface area contributed by atoms with E-state index in [1.165, 1.54) is 32.7 Å². The fraction of sp³-hybridized carbons (Fsp3) is 0.588. The number of hydrogen-bond donors (Lipinski definition) is 2. The van der Waals surface area contributed by atoms with Gasteiger partial charge in [-0.05, 0) is 44.0 Å². The van der Waals surface area contributed by atoms with E-state index >= 15 is 0 Å². The zero-order valence-corrected chi connectivity index (χ0v) is 14.5. The van der Waals surface area contributed by atoms with Crippen LogP contribution in [0.15, 0.2) is 29.2 Å². The Bertz CT molecular complexity index is 603. The summed E-state index contributed by atoms with van der Waals surface area (Å²) in [5.41, 5.74) is 0.969. The van der Waals surface area contributed by atoms with Crippen LogP contribution in [0.1, 0.15) is 50.5 Å². The Morgan fingerprint density at radius 3 is 2.26 bits per heavy atom. The van der Waals surface area contributed by atoms with Crippen molar-refractivity contribution < 1.29 is 13.2 Å². The minimum atomic E-state index is -3.40. The third-order valence-corrected chi connectivity index (χ3v) is 5.79. The summed E-state index contributed by atoms with van der Waals surface area (Å²) >= 11 is 0. The molecule has 0 heterocycles. The Balaban J connectivity index is 1.82. The second-order valence-electron chi connectivity index (χ2n) is 6.11. The highest BCUT2D eigenvalue weighted by molar-refractivity contribution is 7.89. The number of amides is 1. The van der Waals surface area contributed by atoms with Crippen LogP contribution in [-0.2, 0) is 21.2 Å². The van der Waals surface area contributed by atoms with Gasteiger partial charge in [0, 0.05) is 12.5 Å². The van der Waals surface area contributed by atoms with E-state index in [9.17, 15) is 13.2 Å². The molecule has 0 atom stereocenters. The predicted octanol–water partition coefficient (Wildman–Crippen LogP) is 2.37. The second kappa shape index (κ2) is 8.45. The average molecular weight is 338 g/mol. The standard InChI is InChI=1S/C17H26N2O3S/c1-18-23(21,22)16-11-8-14(9-12-16)10-13-17(20)19-15-6-4-2-3-5-7-15/h8-9,11-12,15,18H,2-7,10,13H2,1H3,(H,19,20). The van der Waals surface area contributed by atoms with Crippen LogP contribution in [0, 0.1) is 0 Å². The molecular formula is C17H26N2O3S. The van der Waals surface area contributed by atoms with Crippen molar-refractivity contribution in [2.45, 2.75) is 62.3 Å². The maximum atomic E-state index is 12.1. The highest BCUT2D eigenvalue weighted by atomic mass is 32.2. The third-order valence-electron chi connectivity index (χ3n) is 4.36. The highest BCUT2D eigenvalue weighted by Crippen LogP contribution is 2.17. The van der Waals surface area contributed by atoms with Crippen LogP contribution in [0.3, 0.4) is 0 Å². The molecule has 0 aliphatic heterocycles. The number of carbonyl (C=O) groups excluding carboxylic acids is 1. The van der Waals surface area contributed by atoms with Gasteiger partial charge in [0.25, 0.3) is 0 Å². The van der Waals surface area contributed by atoms with Crippen LogP contribution in [0.5, 0.6) is 0 Å². The highest BCUT2D eigenvalue weighted by Gasteiger charge is 2.15. The summed E-state index contributed by atoms with van der Waals surface area (Å²) in [6, 6.07) is 7.01. The van der Waals surface area contributed by atoms with Crippen molar-refractivity contribution in [3.8, 4) is 0 Å². The Hall–Kier alpha value is -1.40. The van der Waals surface area contributed by atoms with Gasteiger partial charge in [0.05, 0.1) is 4.90 Å². The van der Waals surface area contributed by atoms with Crippen LogP contribution in [0.25, 0.3) is 0 Å². The van der Waals surface area contributed by atoms with Gasteiger partial charge in [-0.15, -0.1) is 0 Å². The van der Waals surface area contributed by atoms with E-state index in [1.54, 1.807) is 24.3 Å². The van der Waals surface area contributed by atoms with Crippen LogP contribution in [0.2, 0.25) is 0 Å². The number of carbonyl (C=O) groups is 1. The van der Waals surface area contributed by atoms with E-state index in [-0.39, 0.29) is 10.8 Å². The molecule has 0 spiro atoms. The molecule has 5 nitrogen and oxygen atoms in total. The smallest absolute Gasteiger partial charge is 0.240 e. The molecule has 0 radical (unpaired) electrons. The summed E-state index contributed by atoms with van der Waals surface area (Å²) in [5, 5.41) is 3.13. The SMILES string of the molecule is CNS(=O)(=O)c1ccc(CCC(=O)NC2CCCCCC2)cc1. The Morgan fingerprint density at radius 2 is 1.70 bits per heavy atom. The lowest BCUT2D eigenvalue weighted by Crippen LogP contribution is -2.34. The maximum Gasteiger partial charge on any atom is 0.240 e. The van der Waals surface area contributed by atoms with E-state index < -0.39 is 10.0 Å².